The standard InChI is InChI=1S/C17H19NO5S/c1-17(2,3)11-4-7-13(8-5-11)24(22,23)18-12-6-9-14(16(20)21)15(19)10-12/h4-10,18-19H,1-3H3,(H,20,21). The number of hydrogen-bond donors (Lipinski definition) is 3. The quantitative estimate of drug-likeness (QED) is 0.786. The van der Waals surface area contributed by atoms with Gasteiger partial charge < -0.3 is 10.2 Å². The normalized spacial score (nSPS) is 12.0. The molecule has 3 N–H and O–H groups in total. The summed E-state index contributed by atoms with van der Waals surface area (Å²) in [5.74, 6) is -1.80. The minimum Gasteiger partial charge on any atom is -0.507 e. The van der Waals surface area contributed by atoms with E-state index in [1.165, 1.54) is 18.2 Å². The number of rotatable bonds is 4. The molecule has 0 unspecified atom stereocenters. The molecule has 0 aromatic heterocycles. The Hall–Kier alpha value is -2.54. The highest BCUT2D eigenvalue weighted by Crippen LogP contribution is 2.26. The van der Waals surface area contributed by atoms with E-state index in [1.807, 2.05) is 20.8 Å². The molecule has 0 aliphatic carbocycles. The minimum absolute atomic E-state index is 0.0808. The first kappa shape index (κ1) is 17.8. The highest BCUT2D eigenvalue weighted by atomic mass is 32.2. The van der Waals surface area contributed by atoms with Crippen molar-refractivity contribution in [3.63, 3.8) is 0 Å². The number of aromatic carboxylic acids is 1. The van der Waals surface area contributed by atoms with Crippen LogP contribution in [0.25, 0.3) is 0 Å². The topological polar surface area (TPSA) is 104 Å². The van der Waals surface area contributed by atoms with E-state index in [9.17, 15) is 18.3 Å². The molecule has 0 aliphatic rings. The maximum Gasteiger partial charge on any atom is 0.339 e. The summed E-state index contributed by atoms with van der Waals surface area (Å²) in [6, 6.07) is 9.99. The molecular weight excluding hydrogens is 330 g/mol. The number of phenols is 1. The van der Waals surface area contributed by atoms with Gasteiger partial charge in [0.2, 0.25) is 0 Å². The second-order valence-corrected chi connectivity index (χ2v) is 8.10. The van der Waals surface area contributed by atoms with E-state index < -0.39 is 21.7 Å². The lowest BCUT2D eigenvalue weighted by Crippen LogP contribution is -2.15. The van der Waals surface area contributed by atoms with Crippen LogP contribution >= 0.6 is 0 Å². The number of aromatic hydroxyl groups is 1. The molecular formula is C17H19NO5S. The van der Waals surface area contributed by atoms with E-state index >= 15 is 0 Å². The van der Waals surface area contributed by atoms with Gasteiger partial charge in [0.1, 0.15) is 11.3 Å². The van der Waals surface area contributed by atoms with Crippen LogP contribution in [0, 0.1) is 0 Å². The number of sulfonamides is 1. The summed E-state index contributed by atoms with van der Waals surface area (Å²) in [6.07, 6.45) is 0. The highest BCUT2D eigenvalue weighted by molar-refractivity contribution is 7.92. The van der Waals surface area contributed by atoms with Crippen LogP contribution < -0.4 is 4.72 Å². The van der Waals surface area contributed by atoms with Crippen LogP contribution in [0.3, 0.4) is 0 Å². The maximum atomic E-state index is 12.4. The number of carboxylic acid groups (broad SMARTS) is 1. The van der Waals surface area contributed by atoms with Gasteiger partial charge in [-0.1, -0.05) is 32.9 Å². The van der Waals surface area contributed by atoms with E-state index in [1.54, 1.807) is 12.1 Å². The van der Waals surface area contributed by atoms with Crippen molar-refractivity contribution < 1.29 is 23.4 Å². The van der Waals surface area contributed by atoms with Crippen molar-refractivity contribution in [1.82, 2.24) is 0 Å². The number of carbonyl (C=O) groups is 1. The molecule has 7 heteroatoms. The molecule has 0 heterocycles. The summed E-state index contributed by atoms with van der Waals surface area (Å²) in [7, 11) is -3.83. The molecule has 2 rings (SSSR count). The van der Waals surface area contributed by atoms with Crippen molar-refractivity contribution in [3.8, 4) is 5.75 Å². The number of hydrogen-bond acceptors (Lipinski definition) is 4. The Morgan fingerprint density at radius 1 is 1.04 bits per heavy atom. The molecule has 0 fully saturated rings. The van der Waals surface area contributed by atoms with Crippen molar-refractivity contribution in [1.29, 1.82) is 0 Å². The molecule has 0 spiro atoms. The second kappa shape index (κ2) is 6.16. The Morgan fingerprint density at radius 3 is 2.08 bits per heavy atom. The average Bonchev–Trinajstić information content (AvgIpc) is 2.45. The van der Waals surface area contributed by atoms with Crippen molar-refractivity contribution >= 4 is 21.7 Å². The van der Waals surface area contributed by atoms with Crippen LogP contribution in [0.4, 0.5) is 5.69 Å². The van der Waals surface area contributed by atoms with Crippen molar-refractivity contribution in [2.45, 2.75) is 31.1 Å². The van der Waals surface area contributed by atoms with Gasteiger partial charge in [-0.25, -0.2) is 13.2 Å². The summed E-state index contributed by atoms with van der Waals surface area (Å²) in [6.45, 7) is 6.09. The first-order chi connectivity index (χ1) is 11.0. The first-order valence-electron chi connectivity index (χ1n) is 7.20. The lowest BCUT2D eigenvalue weighted by Gasteiger charge is -2.19. The molecule has 0 saturated heterocycles. The summed E-state index contributed by atoms with van der Waals surface area (Å²) in [4.78, 5) is 10.9. The molecule has 0 amide bonds. The predicted molar refractivity (Wildman–Crippen MR) is 91.0 cm³/mol. The summed E-state index contributed by atoms with van der Waals surface area (Å²) in [5.41, 5.74) is 0.698. The van der Waals surface area contributed by atoms with Crippen molar-refractivity contribution in [2.75, 3.05) is 4.72 Å². The second-order valence-electron chi connectivity index (χ2n) is 6.42. The van der Waals surface area contributed by atoms with Crippen molar-refractivity contribution in [3.05, 3.63) is 53.6 Å². The van der Waals surface area contributed by atoms with Gasteiger partial charge in [0.15, 0.2) is 0 Å². The van der Waals surface area contributed by atoms with E-state index in [4.69, 9.17) is 5.11 Å². The Labute approximate surface area is 140 Å². The van der Waals surface area contributed by atoms with Gasteiger partial charge in [0, 0.05) is 6.07 Å². The zero-order valence-electron chi connectivity index (χ0n) is 13.6. The van der Waals surface area contributed by atoms with Gasteiger partial charge in [-0.05, 0) is 35.2 Å². The van der Waals surface area contributed by atoms with E-state index in [0.717, 1.165) is 17.7 Å². The third-order valence-corrected chi connectivity index (χ3v) is 4.91. The fourth-order valence-electron chi connectivity index (χ4n) is 2.12. The zero-order valence-corrected chi connectivity index (χ0v) is 14.4. The highest BCUT2D eigenvalue weighted by Gasteiger charge is 2.18. The zero-order chi connectivity index (χ0) is 18.1. The van der Waals surface area contributed by atoms with Gasteiger partial charge in [-0.3, -0.25) is 4.72 Å². The summed E-state index contributed by atoms with van der Waals surface area (Å²) in [5, 5.41) is 18.5. The number of benzene rings is 2. The molecule has 2 aromatic carbocycles. The molecule has 0 bridgehead atoms. The smallest absolute Gasteiger partial charge is 0.339 e. The van der Waals surface area contributed by atoms with Crippen LogP contribution in [0.5, 0.6) is 5.75 Å². The largest absolute Gasteiger partial charge is 0.507 e. The van der Waals surface area contributed by atoms with Gasteiger partial charge in [0.25, 0.3) is 10.0 Å². The Balaban J connectivity index is 2.28. The molecule has 24 heavy (non-hydrogen) atoms. The monoisotopic (exact) mass is 349 g/mol. The Bertz CT molecular complexity index is 865. The van der Waals surface area contributed by atoms with Crippen LogP contribution in [-0.2, 0) is 15.4 Å². The van der Waals surface area contributed by atoms with Gasteiger partial charge >= 0.3 is 5.97 Å². The van der Waals surface area contributed by atoms with E-state index in [2.05, 4.69) is 4.72 Å². The minimum atomic E-state index is -3.83. The van der Waals surface area contributed by atoms with Gasteiger partial charge in [0.05, 0.1) is 10.6 Å². The molecule has 128 valence electrons. The summed E-state index contributed by atoms with van der Waals surface area (Å²) < 4.78 is 27.1. The predicted octanol–water partition coefficient (Wildman–Crippen LogP) is 3.19. The van der Waals surface area contributed by atoms with Crippen LogP contribution in [0.1, 0.15) is 36.7 Å². The number of anilines is 1. The van der Waals surface area contributed by atoms with Crippen LogP contribution in [0.15, 0.2) is 47.4 Å². The third-order valence-electron chi connectivity index (χ3n) is 3.51. The van der Waals surface area contributed by atoms with E-state index in [0.29, 0.717) is 0 Å². The lowest BCUT2D eigenvalue weighted by molar-refractivity contribution is 0.0694. The maximum absolute atomic E-state index is 12.4. The molecule has 0 radical (unpaired) electrons. The third kappa shape index (κ3) is 3.86. The molecule has 2 aromatic rings. The van der Waals surface area contributed by atoms with Gasteiger partial charge in [-0.2, -0.15) is 0 Å². The fraction of sp³-hybridized carbons (Fsp3) is 0.235. The van der Waals surface area contributed by atoms with Crippen molar-refractivity contribution in [2.24, 2.45) is 0 Å². The number of carboxylic acids is 1. The average molecular weight is 349 g/mol. The molecule has 6 nitrogen and oxygen atoms in total. The summed E-state index contributed by atoms with van der Waals surface area (Å²) >= 11 is 0. The fourth-order valence-corrected chi connectivity index (χ4v) is 3.17. The van der Waals surface area contributed by atoms with Crippen LogP contribution in [-0.4, -0.2) is 24.6 Å². The Kier molecular flexibility index (Phi) is 4.57. The van der Waals surface area contributed by atoms with E-state index in [-0.39, 0.29) is 21.6 Å². The Morgan fingerprint density at radius 2 is 1.62 bits per heavy atom. The lowest BCUT2D eigenvalue weighted by atomic mass is 9.87. The van der Waals surface area contributed by atoms with Gasteiger partial charge in [-0.15, -0.1) is 0 Å². The number of nitrogens with one attached hydrogen (secondary N) is 1. The SMILES string of the molecule is CC(C)(C)c1ccc(S(=O)(=O)Nc2ccc(C(=O)O)c(O)c2)cc1. The molecule has 0 atom stereocenters. The molecule has 0 aliphatic heterocycles. The van der Waals surface area contributed by atoms with Crippen LogP contribution in [0.2, 0.25) is 0 Å². The molecule has 0 saturated carbocycles. The first-order valence-corrected chi connectivity index (χ1v) is 8.69.